The molecule has 1 aliphatic rings. The lowest BCUT2D eigenvalue weighted by molar-refractivity contribution is -0.134. The number of anilines is 1. The van der Waals surface area contributed by atoms with Gasteiger partial charge in [-0.1, -0.05) is 44.4 Å². The zero-order valence-corrected chi connectivity index (χ0v) is 15.6. The Bertz CT molecular complexity index is 566. The van der Waals surface area contributed by atoms with Crippen molar-refractivity contribution in [3.8, 4) is 0 Å². The van der Waals surface area contributed by atoms with Crippen LogP contribution < -0.4 is 5.32 Å². The first-order chi connectivity index (χ1) is 12.1. The van der Waals surface area contributed by atoms with Gasteiger partial charge in [-0.15, -0.1) is 0 Å². The summed E-state index contributed by atoms with van der Waals surface area (Å²) in [6.45, 7) is 4.52. The van der Waals surface area contributed by atoms with Crippen LogP contribution in [0.2, 0.25) is 0 Å². The lowest BCUT2D eigenvalue weighted by Crippen LogP contribution is -2.42. The zero-order valence-electron chi connectivity index (χ0n) is 15.6. The van der Waals surface area contributed by atoms with Gasteiger partial charge in [-0.05, 0) is 44.0 Å². The van der Waals surface area contributed by atoms with E-state index in [9.17, 15) is 9.59 Å². The Kier molecular flexibility index (Phi) is 7.92. The number of carbonyl (C=O) groups excluding carboxylic acids is 2. The maximum absolute atomic E-state index is 12.4. The molecule has 0 unspecified atom stereocenters. The van der Waals surface area contributed by atoms with Crippen molar-refractivity contribution in [3.63, 3.8) is 0 Å². The quantitative estimate of drug-likeness (QED) is 0.862. The molecule has 2 amide bonds. The summed E-state index contributed by atoms with van der Waals surface area (Å²) in [6.07, 6.45) is 6.98. The molecule has 1 saturated heterocycles. The van der Waals surface area contributed by atoms with E-state index in [1.807, 2.05) is 24.3 Å². The summed E-state index contributed by atoms with van der Waals surface area (Å²) in [7, 11) is 1.71. The van der Waals surface area contributed by atoms with Crippen molar-refractivity contribution in [2.75, 3.05) is 38.5 Å². The van der Waals surface area contributed by atoms with Crippen molar-refractivity contribution in [2.45, 2.75) is 45.4 Å². The fraction of sp³-hybridized carbons (Fsp3) is 0.600. The van der Waals surface area contributed by atoms with Crippen LogP contribution in [0.1, 0.15) is 44.6 Å². The maximum atomic E-state index is 12.4. The van der Waals surface area contributed by atoms with Crippen LogP contribution in [0.5, 0.6) is 0 Å². The molecule has 1 aromatic rings. The highest BCUT2D eigenvalue weighted by molar-refractivity contribution is 5.95. The number of benzene rings is 1. The van der Waals surface area contributed by atoms with Gasteiger partial charge in [0.2, 0.25) is 11.8 Å². The summed E-state index contributed by atoms with van der Waals surface area (Å²) in [6, 6.07) is 7.78. The molecule has 1 N–H and O–H groups in total. The van der Waals surface area contributed by atoms with E-state index in [1.165, 1.54) is 24.2 Å². The van der Waals surface area contributed by atoms with E-state index >= 15 is 0 Å². The van der Waals surface area contributed by atoms with Crippen LogP contribution >= 0.6 is 0 Å². The Morgan fingerprint density at radius 2 is 1.72 bits per heavy atom. The minimum absolute atomic E-state index is 0.0134. The molecule has 0 radical (unpaired) electrons. The minimum Gasteiger partial charge on any atom is -0.335 e. The summed E-state index contributed by atoms with van der Waals surface area (Å²) in [5.41, 5.74) is 1.94. The van der Waals surface area contributed by atoms with E-state index in [-0.39, 0.29) is 18.4 Å². The van der Waals surface area contributed by atoms with Crippen LogP contribution in [0.15, 0.2) is 24.3 Å². The predicted molar refractivity (Wildman–Crippen MR) is 102 cm³/mol. The van der Waals surface area contributed by atoms with Gasteiger partial charge < -0.3 is 10.2 Å². The minimum atomic E-state index is -0.149. The highest BCUT2D eigenvalue weighted by Gasteiger charge is 2.17. The molecule has 1 heterocycles. The van der Waals surface area contributed by atoms with E-state index in [2.05, 4.69) is 17.1 Å². The third-order valence-corrected chi connectivity index (χ3v) is 4.79. The largest absolute Gasteiger partial charge is 0.335 e. The van der Waals surface area contributed by atoms with Gasteiger partial charge in [-0.2, -0.15) is 0 Å². The molecule has 0 atom stereocenters. The fourth-order valence-electron chi connectivity index (χ4n) is 3.23. The molecule has 0 bridgehead atoms. The topological polar surface area (TPSA) is 52.7 Å². The van der Waals surface area contributed by atoms with E-state index < -0.39 is 0 Å². The third kappa shape index (κ3) is 6.50. The van der Waals surface area contributed by atoms with Crippen molar-refractivity contribution in [2.24, 2.45) is 0 Å². The number of nitrogens with one attached hydrogen (secondary N) is 1. The molecule has 1 aliphatic heterocycles. The molecule has 25 heavy (non-hydrogen) atoms. The molecule has 0 saturated carbocycles. The van der Waals surface area contributed by atoms with Gasteiger partial charge >= 0.3 is 0 Å². The van der Waals surface area contributed by atoms with Crippen molar-refractivity contribution < 1.29 is 9.59 Å². The van der Waals surface area contributed by atoms with Crippen LogP contribution in [0, 0.1) is 0 Å². The lowest BCUT2D eigenvalue weighted by Gasteiger charge is -2.26. The SMILES string of the molecule is CCc1ccccc1NC(=O)CN(C)C(=O)CN1CCCCCCC1. The Labute approximate surface area is 151 Å². The summed E-state index contributed by atoms with van der Waals surface area (Å²) in [5.74, 6) is -0.135. The number of aryl methyl sites for hydroxylation is 1. The molecule has 0 spiro atoms. The van der Waals surface area contributed by atoms with E-state index in [4.69, 9.17) is 0 Å². The standard InChI is InChI=1S/C20H31N3O2/c1-3-17-11-7-8-12-18(17)21-19(24)15-22(2)20(25)16-23-13-9-5-4-6-10-14-23/h7-8,11-12H,3-6,9-10,13-16H2,1-2H3,(H,21,24). The number of likely N-dealkylation sites (N-methyl/N-ethyl adjacent to an activating group) is 1. The first kappa shape index (κ1) is 19.4. The Balaban J connectivity index is 1.82. The second kappa shape index (κ2) is 10.2. The summed E-state index contributed by atoms with van der Waals surface area (Å²) < 4.78 is 0. The normalized spacial score (nSPS) is 15.9. The molecule has 1 fully saturated rings. The molecule has 0 aliphatic carbocycles. The monoisotopic (exact) mass is 345 g/mol. The fourth-order valence-corrected chi connectivity index (χ4v) is 3.23. The number of amides is 2. The van der Waals surface area contributed by atoms with Gasteiger partial charge in [-0.3, -0.25) is 14.5 Å². The van der Waals surface area contributed by atoms with Gasteiger partial charge in [0.1, 0.15) is 0 Å². The molecule has 5 nitrogen and oxygen atoms in total. The van der Waals surface area contributed by atoms with E-state index in [1.54, 1.807) is 7.05 Å². The number of rotatable bonds is 6. The number of carbonyl (C=O) groups is 2. The van der Waals surface area contributed by atoms with Crippen molar-refractivity contribution >= 4 is 17.5 Å². The lowest BCUT2D eigenvalue weighted by atomic mass is 10.1. The third-order valence-electron chi connectivity index (χ3n) is 4.79. The molecule has 1 aromatic carbocycles. The van der Waals surface area contributed by atoms with Crippen LogP contribution in [-0.4, -0.2) is 54.8 Å². The Morgan fingerprint density at radius 1 is 1.08 bits per heavy atom. The Hall–Kier alpha value is -1.88. The van der Waals surface area contributed by atoms with Gasteiger partial charge in [0.15, 0.2) is 0 Å². The van der Waals surface area contributed by atoms with Crippen molar-refractivity contribution in [1.82, 2.24) is 9.80 Å². The summed E-state index contributed by atoms with van der Waals surface area (Å²) in [4.78, 5) is 28.4. The first-order valence-electron chi connectivity index (χ1n) is 9.44. The molecule has 5 heteroatoms. The maximum Gasteiger partial charge on any atom is 0.243 e. The van der Waals surface area contributed by atoms with Crippen LogP contribution in [0.25, 0.3) is 0 Å². The molecule has 0 aromatic heterocycles. The van der Waals surface area contributed by atoms with Gasteiger partial charge in [-0.25, -0.2) is 0 Å². The second-order valence-electron chi connectivity index (χ2n) is 6.85. The van der Waals surface area contributed by atoms with Crippen LogP contribution in [-0.2, 0) is 16.0 Å². The molecular weight excluding hydrogens is 314 g/mol. The average molecular weight is 345 g/mol. The smallest absolute Gasteiger partial charge is 0.243 e. The number of hydrogen-bond donors (Lipinski definition) is 1. The average Bonchev–Trinajstić information content (AvgIpc) is 2.57. The molecular formula is C20H31N3O2. The first-order valence-corrected chi connectivity index (χ1v) is 9.44. The Morgan fingerprint density at radius 3 is 2.40 bits per heavy atom. The highest BCUT2D eigenvalue weighted by Crippen LogP contribution is 2.15. The molecule has 2 rings (SSSR count). The van der Waals surface area contributed by atoms with Crippen LogP contribution in [0.3, 0.4) is 0 Å². The predicted octanol–water partition coefficient (Wildman–Crippen LogP) is 2.91. The van der Waals surface area contributed by atoms with Gasteiger partial charge in [0.05, 0.1) is 13.1 Å². The zero-order chi connectivity index (χ0) is 18.1. The van der Waals surface area contributed by atoms with Gasteiger partial charge in [0.25, 0.3) is 0 Å². The number of nitrogens with zero attached hydrogens (tertiary/aromatic N) is 2. The van der Waals surface area contributed by atoms with Crippen molar-refractivity contribution in [3.05, 3.63) is 29.8 Å². The number of para-hydroxylation sites is 1. The van der Waals surface area contributed by atoms with E-state index in [0.29, 0.717) is 6.54 Å². The van der Waals surface area contributed by atoms with Crippen LogP contribution in [0.4, 0.5) is 5.69 Å². The molecule has 138 valence electrons. The van der Waals surface area contributed by atoms with Gasteiger partial charge in [0, 0.05) is 12.7 Å². The second-order valence-corrected chi connectivity index (χ2v) is 6.85. The summed E-state index contributed by atoms with van der Waals surface area (Å²) in [5, 5.41) is 2.92. The van der Waals surface area contributed by atoms with Crippen molar-refractivity contribution in [1.29, 1.82) is 0 Å². The number of hydrogen-bond acceptors (Lipinski definition) is 3. The van der Waals surface area contributed by atoms with E-state index in [0.717, 1.165) is 43.6 Å². The highest BCUT2D eigenvalue weighted by atomic mass is 16.2. The summed E-state index contributed by atoms with van der Waals surface area (Å²) >= 11 is 0. The number of likely N-dealkylation sites (tertiary alicyclic amines) is 1.